The highest BCUT2D eigenvalue weighted by Gasteiger charge is 2.15. The molecule has 0 radical (unpaired) electrons. The van der Waals surface area contributed by atoms with Crippen LogP contribution in [-0.4, -0.2) is 20.9 Å². The summed E-state index contributed by atoms with van der Waals surface area (Å²) in [5.41, 5.74) is 1.16. The first-order valence-corrected chi connectivity index (χ1v) is 7.79. The lowest BCUT2D eigenvalue weighted by Gasteiger charge is -2.09. The lowest BCUT2D eigenvalue weighted by molar-refractivity contribution is 0.102. The summed E-state index contributed by atoms with van der Waals surface area (Å²) in [6.07, 6.45) is 4.29. The Balaban J connectivity index is 1.77. The molecular weight excluding hydrogens is 332 g/mol. The molecule has 0 aliphatic heterocycles. The number of aromatic nitrogens is 3. The van der Waals surface area contributed by atoms with Gasteiger partial charge in [0.1, 0.15) is 5.69 Å². The van der Waals surface area contributed by atoms with Gasteiger partial charge in [-0.05, 0) is 24.3 Å². The molecule has 0 aliphatic rings. The van der Waals surface area contributed by atoms with Gasteiger partial charge in [0.15, 0.2) is 0 Å². The number of amides is 1. The van der Waals surface area contributed by atoms with Crippen molar-refractivity contribution in [3.05, 3.63) is 83.2 Å². The van der Waals surface area contributed by atoms with Crippen LogP contribution < -0.4 is 10.9 Å². The van der Waals surface area contributed by atoms with E-state index in [1.165, 1.54) is 18.6 Å². The Morgan fingerprint density at radius 1 is 1.00 bits per heavy atom. The van der Waals surface area contributed by atoms with Gasteiger partial charge in [0.2, 0.25) is 5.89 Å². The fraction of sp³-hybridized carbons (Fsp3) is 0. The molecule has 7 heteroatoms. The average Bonchev–Trinajstić information content (AvgIpc) is 2.69. The van der Waals surface area contributed by atoms with E-state index in [2.05, 4.69) is 20.3 Å². The van der Waals surface area contributed by atoms with Crippen LogP contribution >= 0.6 is 0 Å². The van der Waals surface area contributed by atoms with Crippen molar-refractivity contribution >= 4 is 22.5 Å². The second-order valence-corrected chi connectivity index (χ2v) is 5.41. The molecule has 0 unspecified atom stereocenters. The van der Waals surface area contributed by atoms with Crippen LogP contribution in [0.1, 0.15) is 10.5 Å². The van der Waals surface area contributed by atoms with Gasteiger partial charge >= 0.3 is 5.63 Å². The zero-order chi connectivity index (χ0) is 17.9. The number of hydrogen-bond acceptors (Lipinski definition) is 6. The van der Waals surface area contributed by atoms with Gasteiger partial charge in [0.25, 0.3) is 5.91 Å². The molecule has 0 aliphatic carbocycles. The predicted molar refractivity (Wildman–Crippen MR) is 95.7 cm³/mol. The largest absolute Gasteiger partial charge is 0.403 e. The Hall–Kier alpha value is -3.87. The van der Waals surface area contributed by atoms with Crippen molar-refractivity contribution in [2.75, 3.05) is 5.32 Å². The van der Waals surface area contributed by atoms with Crippen LogP contribution in [0.15, 0.2) is 76.3 Å². The maximum atomic E-state index is 12.4. The molecule has 26 heavy (non-hydrogen) atoms. The number of carbonyl (C=O) groups excluding carboxylic acids is 1. The van der Waals surface area contributed by atoms with Gasteiger partial charge in [-0.3, -0.25) is 9.78 Å². The van der Waals surface area contributed by atoms with Gasteiger partial charge in [-0.1, -0.05) is 24.3 Å². The molecule has 1 amide bonds. The summed E-state index contributed by atoms with van der Waals surface area (Å²) in [5, 5.41) is 3.15. The van der Waals surface area contributed by atoms with Crippen LogP contribution in [0.3, 0.4) is 0 Å². The molecule has 0 atom stereocenters. The Kier molecular flexibility index (Phi) is 3.95. The molecule has 1 N–H and O–H groups in total. The Labute approximate surface area is 147 Å². The number of nitrogens with zero attached hydrogens (tertiary/aromatic N) is 3. The van der Waals surface area contributed by atoms with E-state index in [9.17, 15) is 9.59 Å². The quantitative estimate of drug-likeness (QED) is 0.614. The maximum Gasteiger partial charge on any atom is 0.347 e. The number of para-hydroxylation sites is 2. The second kappa shape index (κ2) is 6.56. The predicted octanol–water partition coefficient (Wildman–Crippen LogP) is 2.90. The molecule has 2 aromatic carbocycles. The second-order valence-electron chi connectivity index (χ2n) is 5.41. The Bertz CT molecular complexity index is 1160. The highest BCUT2D eigenvalue weighted by Crippen LogP contribution is 2.27. The third-order valence-electron chi connectivity index (χ3n) is 3.74. The summed E-state index contributed by atoms with van der Waals surface area (Å²) in [6.45, 7) is 0. The van der Waals surface area contributed by atoms with Crippen LogP contribution in [0.5, 0.6) is 0 Å². The minimum Gasteiger partial charge on any atom is -0.403 e. The third-order valence-corrected chi connectivity index (χ3v) is 3.74. The molecule has 0 saturated carbocycles. The van der Waals surface area contributed by atoms with Crippen molar-refractivity contribution in [3.63, 3.8) is 0 Å². The fourth-order valence-electron chi connectivity index (χ4n) is 2.52. The molecular formula is C19H12N4O3. The standard InChI is InChI=1S/C19H12N4O3/c24-17(16-11-20-9-10-21-16)22-14-7-3-1-5-12(14)18-23-15-8-4-2-6-13(15)19(25)26-18/h1-11H,(H,22,24). The number of fused-ring (bicyclic) bond motifs is 1. The SMILES string of the molecule is O=C(Nc1ccccc1-c1nc2ccccc2c(=O)o1)c1cnccn1. The highest BCUT2D eigenvalue weighted by atomic mass is 16.4. The molecule has 126 valence electrons. The Morgan fingerprint density at radius 2 is 1.81 bits per heavy atom. The summed E-state index contributed by atoms with van der Waals surface area (Å²) in [7, 11) is 0. The van der Waals surface area contributed by atoms with Crippen molar-refractivity contribution in [1.29, 1.82) is 0 Å². The number of benzene rings is 2. The summed E-state index contributed by atoms with van der Waals surface area (Å²) in [6, 6.07) is 13.9. The zero-order valence-corrected chi connectivity index (χ0v) is 13.4. The number of anilines is 1. The first-order valence-electron chi connectivity index (χ1n) is 7.79. The van der Waals surface area contributed by atoms with E-state index < -0.39 is 11.5 Å². The van der Waals surface area contributed by atoms with Gasteiger partial charge < -0.3 is 9.73 Å². The third kappa shape index (κ3) is 2.93. The number of hydrogen-bond donors (Lipinski definition) is 1. The van der Waals surface area contributed by atoms with Gasteiger partial charge in [0, 0.05) is 12.4 Å². The van der Waals surface area contributed by atoms with Gasteiger partial charge in [-0.15, -0.1) is 0 Å². The van der Waals surface area contributed by atoms with E-state index in [1.807, 2.05) is 0 Å². The molecule has 4 aromatic rings. The maximum absolute atomic E-state index is 12.4. The van der Waals surface area contributed by atoms with Gasteiger partial charge in [-0.2, -0.15) is 0 Å². The van der Waals surface area contributed by atoms with Crippen molar-refractivity contribution in [2.24, 2.45) is 0 Å². The summed E-state index contributed by atoms with van der Waals surface area (Å²) in [4.78, 5) is 36.8. The first-order chi connectivity index (χ1) is 12.7. The molecule has 7 nitrogen and oxygen atoms in total. The molecule has 2 aromatic heterocycles. The molecule has 2 heterocycles. The van der Waals surface area contributed by atoms with E-state index in [1.54, 1.807) is 48.5 Å². The van der Waals surface area contributed by atoms with Gasteiger partial charge in [0.05, 0.1) is 28.4 Å². The minimum atomic E-state index is -0.486. The first kappa shape index (κ1) is 15.6. The lowest BCUT2D eigenvalue weighted by Crippen LogP contribution is -2.14. The zero-order valence-electron chi connectivity index (χ0n) is 13.4. The van der Waals surface area contributed by atoms with E-state index in [-0.39, 0.29) is 11.6 Å². The number of carbonyl (C=O) groups is 1. The highest BCUT2D eigenvalue weighted by molar-refractivity contribution is 6.04. The van der Waals surface area contributed by atoms with Crippen molar-refractivity contribution < 1.29 is 9.21 Å². The molecule has 0 saturated heterocycles. The molecule has 0 spiro atoms. The van der Waals surface area contributed by atoms with Crippen LogP contribution in [0.4, 0.5) is 5.69 Å². The smallest absolute Gasteiger partial charge is 0.347 e. The van der Waals surface area contributed by atoms with Gasteiger partial charge in [-0.25, -0.2) is 14.8 Å². The van der Waals surface area contributed by atoms with Crippen LogP contribution in [0.25, 0.3) is 22.4 Å². The average molecular weight is 344 g/mol. The summed E-state index contributed by atoms with van der Waals surface area (Å²) < 4.78 is 5.36. The topological polar surface area (TPSA) is 98.0 Å². The minimum absolute atomic E-state index is 0.128. The van der Waals surface area contributed by atoms with Crippen LogP contribution in [-0.2, 0) is 0 Å². The van der Waals surface area contributed by atoms with Crippen molar-refractivity contribution in [2.45, 2.75) is 0 Å². The lowest BCUT2D eigenvalue weighted by atomic mass is 10.1. The summed E-state index contributed by atoms with van der Waals surface area (Å²) in [5.74, 6) is -0.294. The van der Waals surface area contributed by atoms with Crippen molar-refractivity contribution in [3.8, 4) is 11.5 Å². The van der Waals surface area contributed by atoms with Crippen LogP contribution in [0.2, 0.25) is 0 Å². The van der Waals surface area contributed by atoms with Crippen molar-refractivity contribution in [1.82, 2.24) is 15.0 Å². The molecule has 4 rings (SSSR count). The van der Waals surface area contributed by atoms with E-state index in [0.29, 0.717) is 22.2 Å². The normalized spacial score (nSPS) is 10.6. The van der Waals surface area contributed by atoms with E-state index in [0.717, 1.165) is 0 Å². The fourth-order valence-corrected chi connectivity index (χ4v) is 2.52. The number of nitrogens with one attached hydrogen (secondary N) is 1. The molecule has 0 fully saturated rings. The Morgan fingerprint density at radius 3 is 2.65 bits per heavy atom. The van der Waals surface area contributed by atoms with E-state index in [4.69, 9.17) is 4.42 Å². The monoisotopic (exact) mass is 344 g/mol. The van der Waals surface area contributed by atoms with E-state index >= 15 is 0 Å². The summed E-state index contributed by atoms with van der Waals surface area (Å²) >= 11 is 0. The number of rotatable bonds is 3. The van der Waals surface area contributed by atoms with Crippen LogP contribution in [0, 0.1) is 0 Å². The molecule has 0 bridgehead atoms.